The van der Waals surface area contributed by atoms with Crippen LogP contribution in [0.4, 0.5) is 8.78 Å². The molecule has 31 heavy (non-hydrogen) atoms. The molecule has 0 saturated heterocycles. The number of nitrogens with zero attached hydrogens (tertiary/aromatic N) is 3. The molecule has 1 aromatic heterocycles. The van der Waals surface area contributed by atoms with Gasteiger partial charge in [0.05, 0.1) is 5.75 Å². The van der Waals surface area contributed by atoms with Gasteiger partial charge in [-0.1, -0.05) is 31.5 Å². The number of aromatic nitrogens is 3. The molecular weight excluding hydrogens is 418 g/mol. The zero-order valence-corrected chi connectivity index (χ0v) is 18.0. The first-order chi connectivity index (χ1) is 14.9. The Morgan fingerprint density at radius 3 is 2.19 bits per heavy atom. The summed E-state index contributed by atoms with van der Waals surface area (Å²) in [4.78, 5) is 12.5. The monoisotopic (exact) mass is 440 g/mol. The highest BCUT2D eigenvalue weighted by Crippen LogP contribution is 2.28. The van der Waals surface area contributed by atoms with Crippen LogP contribution in [0.5, 0.6) is 0 Å². The fraction of sp³-hybridized carbons (Fsp3) is 0.261. The molecule has 5 nitrogen and oxygen atoms in total. The number of nitrogens with one attached hydrogen (secondary N) is 1. The molecule has 160 valence electrons. The van der Waals surface area contributed by atoms with Gasteiger partial charge in [0.25, 0.3) is 0 Å². The molecule has 0 unspecified atom stereocenters. The van der Waals surface area contributed by atoms with Gasteiger partial charge in [0.15, 0.2) is 11.0 Å². The van der Waals surface area contributed by atoms with E-state index in [1.165, 1.54) is 36.0 Å². The summed E-state index contributed by atoms with van der Waals surface area (Å²) in [5, 5.41) is 11.8. The van der Waals surface area contributed by atoms with Gasteiger partial charge in [0, 0.05) is 11.3 Å². The number of carbonyl (C=O) groups is 1. The van der Waals surface area contributed by atoms with E-state index in [0.717, 1.165) is 0 Å². The molecule has 0 bridgehead atoms. The fourth-order valence-corrected chi connectivity index (χ4v) is 3.82. The summed E-state index contributed by atoms with van der Waals surface area (Å²) in [6.45, 7) is 3.85. The van der Waals surface area contributed by atoms with Crippen LogP contribution in [0, 0.1) is 24.0 Å². The Morgan fingerprint density at radius 2 is 1.65 bits per heavy atom. The number of rotatable bonds is 8. The lowest BCUT2D eigenvalue weighted by molar-refractivity contribution is -0.119. The molecular formula is C23H22F2N4OS. The van der Waals surface area contributed by atoms with Crippen LogP contribution in [0.25, 0.3) is 17.1 Å². The summed E-state index contributed by atoms with van der Waals surface area (Å²) < 4.78 is 28.5. The van der Waals surface area contributed by atoms with Gasteiger partial charge in [0.1, 0.15) is 17.2 Å². The van der Waals surface area contributed by atoms with Gasteiger partial charge in [0.2, 0.25) is 5.91 Å². The minimum absolute atomic E-state index is 0.0756. The number of hydrogen-bond acceptors (Lipinski definition) is 4. The molecule has 0 spiro atoms. The summed E-state index contributed by atoms with van der Waals surface area (Å²) in [6.07, 6.45) is 6.86. The SMILES string of the molecule is C#CC(CC)(CC)NC(=O)CSc1nnc(-c2ccc(F)cc2)n1-c1ccc(F)cc1. The van der Waals surface area contributed by atoms with Crippen molar-refractivity contribution in [1.29, 1.82) is 0 Å². The summed E-state index contributed by atoms with van der Waals surface area (Å²) in [7, 11) is 0. The first-order valence-corrected chi connectivity index (χ1v) is 10.8. The van der Waals surface area contributed by atoms with E-state index in [4.69, 9.17) is 6.42 Å². The third kappa shape index (κ3) is 5.12. The molecule has 0 aliphatic heterocycles. The normalized spacial score (nSPS) is 11.2. The maximum Gasteiger partial charge on any atom is 0.231 e. The summed E-state index contributed by atoms with van der Waals surface area (Å²) in [5.41, 5.74) is 0.577. The number of amides is 1. The molecule has 3 aromatic rings. The first-order valence-electron chi connectivity index (χ1n) is 9.80. The minimum Gasteiger partial charge on any atom is -0.339 e. The average molecular weight is 441 g/mol. The van der Waals surface area contributed by atoms with Gasteiger partial charge in [-0.2, -0.15) is 0 Å². The van der Waals surface area contributed by atoms with Crippen LogP contribution in [-0.2, 0) is 4.79 Å². The third-order valence-corrected chi connectivity index (χ3v) is 5.94. The minimum atomic E-state index is -0.679. The Hall–Kier alpha value is -3.18. The second-order valence-electron chi connectivity index (χ2n) is 6.90. The van der Waals surface area contributed by atoms with E-state index in [1.54, 1.807) is 28.8 Å². The molecule has 0 radical (unpaired) electrons. The van der Waals surface area contributed by atoms with E-state index >= 15 is 0 Å². The Labute approximate surface area is 184 Å². The molecule has 1 N–H and O–H groups in total. The standard InChI is InChI=1S/C23H22F2N4OS/c1-4-23(5-2,6-3)26-20(30)15-31-22-28-27-21(16-7-9-17(24)10-8-16)29(22)19-13-11-18(25)12-14-19/h1,7-14H,5-6,15H2,2-3H3,(H,26,30). The molecule has 0 aliphatic rings. The van der Waals surface area contributed by atoms with Crippen molar-refractivity contribution in [3.05, 3.63) is 60.2 Å². The lowest BCUT2D eigenvalue weighted by Gasteiger charge is -2.26. The zero-order chi connectivity index (χ0) is 22.4. The molecule has 0 atom stereocenters. The number of hydrogen-bond donors (Lipinski definition) is 1. The Balaban J connectivity index is 1.90. The largest absolute Gasteiger partial charge is 0.339 e. The van der Waals surface area contributed by atoms with Crippen molar-refractivity contribution in [2.24, 2.45) is 0 Å². The quantitative estimate of drug-likeness (QED) is 0.410. The predicted molar refractivity (Wildman–Crippen MR) is 118 cm³/mol. The number of benzene rings is 2. The van der Waals surface area contributed by atoms with Crippen molar-refractivity contribution < 1.29 is 13.6 Å². The topological polar surface area (TPSA) is 59.8 Å². The number of carbonyl (C=O) groups excluding carboxylic acids is 1. The number of terminal acetylenes is 1. The smallest absolute Gasteiger partial charge is 0.231 e. The predicted octanol–water partition coefficient (Wildman–Crippen LogP) is 4.61. The van der Waals surface area contributed by atoms with Crippen LogP contribution >= 0.6 is 11.8 Å². The van der Waals surface area contributed by atoms with E-state index in [-0.39, 0.29) is 23.3 Å². The molecule has 2 aromatic carbocycles. The molecule has 0 saturated carbocycles. The van der Waals surface area contributed by atoms with Gasteiger partial charge in [-0.05, 0) is 61.4 Å². The van der Waals surface area contributed by atoms with Gasteiger partial charge < -0.3 is 5.32 Å². The zero-order valence-electron chi connectivity index (χ0n) is 17.2. The first kappa shape index (κ1) is 22.5. The molecule has 1 heterocycles. The van der Waals surface area contributed by atoms with Crippen molar-refractivity contribution in [1.82, 2.24) is 20.1 Å². The summed E-state index contributed by atoms with van der Waals surface area (Å²) in [5.74, 6) is 2.24. The van der Waals surface area contributed by atoms with E-state index in [0.29, 0.717) is 35.1 Å². The van der Waals surface area contributed by atoms with Crippen LogP contribution in [-0.4, -0.2) is 32.0 Å². The number of thioether (sulfide) groups is 1. The van der Waals surface area contributed by atoms with Crippen molar-refractivity contribution in [3.8, 4) is 29.4 Å². The van der Waals surface area contributed by atoms with Crippen LogP contribution in [0.1, 0.15) is 26.7 Å². The van der Waals surface area contributed by atoms with Gasteiger partial charge >= 0.3 is 0 Å². The third-order valence-electron chi connectivity index (χ3n) is 5.02. The van der Waals surface area contributed by atoms with E-state index in [2.05, 4.69) is 21.4 Å². The Bertz CT molecular complexity index is 1080. The highest BCUT2D eigenvalue weighted by atomic mass is 32.2. The molecule has 3 rings (SSSR count). The van der Waals surface area contributed by atoms with Gasteiger partial charge in [-0.15, -0.1) is 16.6 Å². The van der Waals surface area contributed by atoms with Crippen LogP contribution in [0.3, 0.4) is 0 Å². The highest BCUT2D eigenvalue weighted by Gasteiger charge is 2.26. The van der Waals surface area contributed by atoms with Crippen LogP contribution in [0.2, 0.25) is 0 Å². The highest BCUT2D eigenvalue weighted by molar-refractivity contribution is 7.99. The lowest BCUT2D eigenvalue weighted by Crippen LogP contribution is -2.47. The molecule has 0 fully saturated rings. The lowest BCUT2D eigenvalue weighted by atomic mass is 9.94. The molecule has 1 amide bonds. The second kappa shape index (κ2) is 9.75. The number of halogens is 2. The maximum atomic E-state index is 13.5. The van der Waals surface area contributed by atoms with E-state index in [1.807, 2.05) is 13.8 Å². The Morgan fingerprint density at radius 1 is 1.06 bits per heavy atom. The van der Waals surface area contributed by atoms with Gasteiger partial charge in [-0.25, -0.2) is 8.78 Å². The van der Waals surface area contributed by atoms with E-state index in [9.17, 15) is 13.6 Å². The van der Waals surface area contributed by atoms with Crippen molar-refractivity contribution in [2.75, 3.05) is 5.75 Å². The van der Waals surface area contributed by atoms with Crippen molar-refractivity contribution in [3.63, 3.8) is 0 Å². The van der Waals surface area contributed by atoms with Crippen molar-refractivity contribution >= 4 is 17.7 Å². The van der Waals surface area contributed by atoms with Crippen molar-refractivity contribution in [2.45, 2.75) is 37.4 Å². The summed E-state index contributed by atoms with van der Waals surface area (Å²) in [6, 6.07) is 11.7. The second-order valence-corrected chi connectivity index (χ2v) is 7.84. The maximum absolute atomic E-state index is 13.5. The fourth-order valence-electron chi connectivity index (χ4n) is 3.07. The Kier molecular flexibility index (Phi) is 7.08. The summed E-state index contributed by atoms with van der Waals surface area (Å²) >= 11 is 1.19. The van der Waals surface area contributed by atoms with Crippen LogP contribution in [0.15, 0.2) is 53.7 Å². The van der Waals surface area contributed by atoms with Crippen LogP contribution < -0.4 is 5.32 Å². The van der Waals surface area contributed by atoms with Gasteiger partial charge in [-0.3, -0.25) is 9.36 Å². The molecule has 8 heteroatoms. The average Bonchev–Trinajstić information content (AvgIpc) is 3.21. The molecule has 0 aliphatic carbocycles. The van der Waals surface area contributed by atoms with E-state index < -0.39 is 5.54 Å².